The van der Waals surface area contributed by atoms with Gasteiger partial charge in [-0.3, -0.25) is 0 Å². The van der Waals surface area contributed by atoms with Crippen molar-refractivity contribution in [3.8, 4) is 0 Å². The van der Waals surface area contributed by atoms with Crippen molar-refractivity contribution in [1.29, 1.82) is 0 Å². The maximum atomic E-state index is 8.95. The first kappa shape index (κ1) is 5.57. The fraction of sp³-hybridized carbons (Fsp3) is 0.429. The Labute approximate surface area is 49.3 Å². The average molecular weight is 110 g/mol. The largest absolute Gasteiger partial charge is 0.389 e. The van der Waals surface area contributed by atoms with Crippen LogP contribution in [0.15, 0.2) is 23.8 Å². The maximum absolute atomic E-state index is 8.95. The summed E-state index contributed by atoms with van der Waals surface area (Å²) >= 11 is 0. The molecule has 1 rings (SSSR count). The maximum Gasteiger partial charge on any atom is 0.0761 e. The minimum absolute atomic E-state index is 0.236. The highest BCUT2D eigenvalue weighted by atomic mass is 16.3. The average Bonchev–Trinajstić information content (AvgIpc) is 1.64. The van der Waals surface area contributed by atoms with Crippen molar-refractivity contribution in [1.82, 2.24) is 0 Å². The normalized spacial score (nSPS) is 27.8. The van der Waals surface area contributed by atoms with Crippen LogP contribution in [0.4, 0.5) is 0 Å². The third kappa shape index (κ3) is 1.20. The molecule has 0 fully saturated rings. The molecule has 0 aromatic heterocycles. The fourth-order valence-electron chi connectivity index (χ4n) is 0.820. The molecular weight excluding hydrogens is 100 g/mol. The molecule has 0 radical (unpaired) electrons. The summed E-state index contributed by atoms with van der Waals surface area (Å²) in [7, 11) is 0. The molecule has 1 atom stereocenters. The lowest BCUT2D eigenvalue weighted by Crippen LogP contribution is -2.03. The number of aliphatic hydroxyl groups is 1. The molecule has 0 spiro atoms. The van der Waals surface area contributed by atoms with Gasteiger partial charge in [-0.1, -0.05) is 23.8 Å². The molecule has 0 saturated heterocycles. The molecular formula is C7H10O. The van der Waals surface area contributed by atoms with Gasteiger partial charge in [0.05, 0.1) is 6.10 Å². The van der Waals surface area contributed by atoms with Gasteiger partial charge in [0.25, 0.3) is 0 Å². The SMILES string of the molecule is CC1=CC(O)CC=C1. The minimum Gasteiger partial charge on any atom is -0.389 e. The van der Waals surface area contributed by atoms with Crippen molar-refractivity contribution < 1.29 is 5.11 Å². The highest BCUT2D eigenvalue weighted by Crippen LogP contribution is 2.08. The van der Waals surface area contributed by atoms with Gasteiger partial charge in [-0.15, -0.1) is 0 Å². The zero-order chi connectivity index (χ0) is 5.98. The Morgan fingerprint density at radius 1 is 1.75 bits per heavy atom. The summed E-state index contributed by atoms with van der Waals surface area (Å²) in [6.07, 6.45) is 6.41. The fourth-order valence-corrected chi connectivity index (χ4v) is 0.820. The van der Waals surface area contributed by atoms with Crippen molar-refractivity contribution in [2.75, 3.05) is 0 Å². The van der Waals surface area contributed by atoms with E-state index >= 15 is 0 Å². The third-order valence-electron chi connectivity index (χ3n) is 1.21. The van der Waals surface area contributed by atoms with Crippen LogP contribution in [-0.2, 0) is 0 Å². The first-order valence-corrected chi connectivity index (χ1v) is 2.82. The summed E-state index contributed by atoms with van der Waals surface area (Å²) < 4.78 is 0. The van der Waals surface area contributed by atoms with Crippen LogP contribution < -0.4 is 0 Å². The van der Waals surface area contributed by atoms with E-state index in [1.54, 1.807) is 0 Å². The Morgan fingerprint density at radius 2 is 2.50 bits per heavy atom. The second-order valence-corrected chi connectivity index (χ2v) is 2.12. The molecule has 1 nitrogen and oxygen atoms in total. The van der Waals surface area contributed by atoms with Gasteiger partial charge in [0, 0.05) is 0 Å². The number of aliphatic hydroxyl groups excluding tert-OH is 1. The van der Waals surface area contributed by atoms with Crippen molar-refractivity contribution in [3.05, 3.63) is 23.8 Å². The highest BCUT2D eigenvalue weighted by molar-refractivity contribution is 5.21. The summed E-state index contributed by atoms with van der Waals surface area (Å²) in [5.41, 5.74) is 1.16. The van der Waals surface area contributed by atoms with Gasteiger partial charge >= 0.3 is 0 Å². The minimum atomic E-state index is -0.236. The van der Waals surface area contributed by atoms with Crippen LogP contribution in [0, 0.1) is 0 Å². The zero-order valence-electron chi connectivity index (χ0n) is 4.96. The number of rotatable bonds is 0. The summed E-state index contributed by atoms with van der Waals surface area (Å²) in [5.74, 6) is 0. The first-order chi connectivity index (χ1) is 3.79. The number of allylic oxidation sites excluding steroid dienone is 2. The van der Waals surface area contributed by atoms with Crippen LogP contribution in [-0.4, -0.2) is 11.2 Å². The van der Waals surface area contributed by atoms with Gasteiger partial charge in [0.15, 0.2) is 0 Å². The van der Waals surface area contributed by atoms with Crippen LogP contribution in [0.5, 0.6) is 0 Å². The van der Waals surface area contributed by atoms with Crippen molar-refractivity contribution in [2.45, 2.75) is 19.4 Å². The Hall–Kier alpha value is -0.560. The van der Waals surface area contributed by atoms with Gasteiger partial charge in [0.1, 0.15) is 0 Å². The van der Waals surface area contributed by atoms with Crippen LogP contribution in [0.1, 0.15) is 13.3 Å². The topological polar surface area (TPSA) is 20.2 Å². The number of hydrogen-bond acceptors (Lipinski definition) is 1. The van der Waals surface area contributed by atoms with E-state index in [1.165, 1.54) is 0 Å². The lowest BCUT2D eigenvalue weighted by Gasteiger charge is -2.06. The molecule has 0 aromatic carbocycles. The van der Waals surface area contributed by atoms with E-state index in [0.717, 1.165) is 12.0 Å². The summed E-state index contributed by atoms with van der Waals surface area (Å²) in [6, 6.07) is 0. The molecule has 1 aliphatic carbocycles. The first-order valence-electron chi connectivity index (χ1n) is 2.82. The van der Waals surface area contributed by atoms with Crippen molar-refractivity contribution >= 4 is 0 Å². The Bertz CT molecular complexity index is 133. The molecule has 0 amide bonds. The Morgan fingerprint density at radius 3 is 2.88 bits per heavy atom. The zero-order valence-corrected chi connectivity index (χ0v) is 4.96. The monoisotopic (exact) mass is 110 g/mol. The summed E-state index contributed by atoms with van der Waals surface area (Å²) in [6.45, 7) is 1.98. The molecule has 1 N–H and O–H groups in total. The molecule has 0 heterocycles. The second kappa shape index (κ2) is 2.14. The lowest BCUT2D eigenvalue weighted by molar-refractivity contribution is 0.225. The molecule has 1 unspecified atom stereocenters. The van der Waals surface area contributed by atoms with Gasteiger partial charge in [-0.2, -0.15) is 0 Å². The standard InChI is InChI=1S/C7H10O/c1-6-3-2-4-7(8)5-6/h2-3,5,7-8H,4H2,1H3. The van der Waals surface area contributed by atoms with Crippen LogP contribution >= 0.6 is 0 Å². The molecule has 1 aliphatic rings. The van der Waals surface area contributed by atoms with E-state index in [2.05, 4.69) is 0 Å². The van der Waals surface area contributed by atoms with Crippen molar-refractivity contribution in [2.24, 2.45) is 0 Å². The third-order valence-corrected chi connectivity index (χ3v) is 1.21. The molecule has 8 heavy (non-hydrogen) atoms. The molecule has 1 heteroatoms. The van der Waals surface area contributed by atoms with Gasteiger partial charge in [-0.05, 0) is 13.3 Å². The van der Waals surface area contributed by atoms with Gasteiger partial charge in [0.2, 0.25) is 0 Å². The van der Waals surface area contributed by atoms with E-state index in [1.807, 2.05) is 25.2 Å². The molecule has 0 aromatic rings. The number of hydrogen-bond donors (Lipinski definition) is 1. The van der Waals surface area contributed by atoms with E-state index in [4.69, 9.17) is 5.11 Å². The van der Waals surface area contributed by atoms with E-state index in [-0.39, 0.29) is 6.10 Å². The quantitative estimate of drug-likeness (QED) is 0.497. The highest BCUT2D eigenvalue weighted by Gasteiger charge is 1.99. The Balaban J connectivity index is 2.63. The van der Waals surface area contributed by atoms with E-state index in [0.29, 0.717) is 0 Å². The second-order valence-electron chi connectivity index (χ2n) is 2.12. The van der Waals surface area contributed by atoms with Crippen LogP contribution in [0.2, 0.25) is 0 Å². The molecule has 0 aliphatic heterocycles. The lowest BCUT2D eigenvalue weighted by atomic mass is 10.1. The van der Waals surface area contributed by atoms with Gasteiger partial charge < -0.3 is 5.11 Å². The smallest absolute Gasteiger partial charge is 0.0761 e. The predicted octanol–water partition coefficient (Wildman–Crippen LogP) is 1.25. The van der Waals surface area contributed by atoms with Crippen molar-refractivity contribution in [3.63, 3.8) is 0 Å². The van der Waals surface area contributed by atoms with E-state index < -0.39 is 0 Å². The van der Waals surface area contributed by atoms with Crippen LogP contribution in [0.25, 0.3) is 0 Å². The molecule has 44 valence electrons. The van der Waals surface area contributed by atoms with Crippen LogP contribution in [0.3, 0.4) is 0 Å². The van der Waals surface area contributed by atoms with Gasteiger partial charge in [-0.25, -0.2) is 0 Å². The molecule has 0 saturated carbocycles. The molecule has 0 bridgehead atoms. The van der Waals surface area contributed by atoms with E-state index in [9.17, 15) is 0 Å². The predicted molar refractivity (Wildman–Crippen MR) is 33.5 cm³/mol. The summed E-state index contributed by atoms with van der Waals surface area (Å²) in [4.78, 5) is 0. The Kier molecular flexibility index (Phi) is 1.49. The summed E-state index contributed by atoms with van der Waals surface area (Å²) in [5, 5.41) is 8.95.